The van der Waals surface area contributed by atoms with Gasteiger partial charge in [0.1, 0.15) is 4.88 Å². The van der Waals surface area contributed by atoms with Crippen molar-refractivity contribution < 1.29 is 18.9 Å². The second-order valence-electron chi connectivity index (χ2n) is 5.87. The number of thiophene rings is 1. The molecule has 0 bridgehead atoms. The van der Waals surface area contributed by atoms with E-state index in [2.05, 4.69) is 15.6 Å². The highest BCUT2D eigenvalue weighted by molar-refractivity contribution is 7.21. The Bertz CT molecular complexity index is 1220. The summed E-state index contributed by atoms with van der Waals surface area (Å²) in [5, 5.41) is 12.1. The van der Waals surface area contributed by atoms with Crippen LogP contribution in [0.25, 0.3) is 21.3 Å². The van der Waals surface area contributed by atoms with Gasteiger partial charge < -0.3 is 14.8 Å². The molecular weight excluding hydrogens is 437 g/mol. The summed E-state index contributed by atoms with van der Waals surface area (Å²) in [6, 6.07) is 10.5. The number of hydrogen-bond acceptors (Lipinski definition) is 7. The lowest BCUT2D eigenvalue weighted by molar-refractivity contribution is 0.102. The van der Waals surface area contributed by atoms with Gasteiger partial charge in [-0.15, -0.1) is 11.3 Å². The first-order valence-corrected chi connectivity index (χ1v) is 9.83. The number of amides is 1. The number of nitrogens with zero attached hydrogens (tertiary/aromatic N) is 2. The molecular formula is C19H13Cl2N3O4S. The van der Waals surface area contributed by atoms with E-state index in [1.54, 1.807) is 43.5 Å². The summed E-state index contributed by atoms with van der Waals surface area (Å²) >= 11 is 13.7. The van der Waals surface area contributed by atoms with E-state index in [9.17, 15) is 4.79 Å². The third-order valence-corrected chi connectivity index (χ3v) is 6.07. The van der Waals surface area contributed by atoms with Gasteiger partial charge in [-0.3, -0.25) is 4.79 Å². The average Bonchev–Trinajstić information content (AvgIpc) is 3.31. The number of benzene rings is 2. The molecule has 2 heterocycles. The Labute approximate surface area is 179 Å². The smallest absolute Gasteiger partial charge is 0.268 e. The highest BCUT2D eigenvalue weighted by Crippen LogP contribution is 2.38. The van der Waals surface area contributed by atoms with Crippen LogP contribution in [0, 0.1) is 0 Å². The number of fused-ring (bicyclic) bond motifs is 1. The molecule has 29 heavy (non-hydrogen) atoms. The first-order chi connectivity index (χ1) is 14.0. The van der Waals surface area contributed by atoms with Crippen LogP contribution in [0.2, 0.25) is 10.0 Å². The fraction of sp³-hybridized carbons (Fsp3) is 0.105. The summed E-state index contributed by atoms with van der Waals surface area (Å²) < 4.78 is 16.2. The van der Waals surface area contributed by atoms with Gasteiger partial charge >= 0.3 is 0 Å². The minimum atomic E-state index is -0.426. The summed E-state index contributed by atoms with van der Waals surface area (Å²) in [5.41, 5.74) is 0.980. The molecule has 4 rings (SSSR count). The molecule has 0 fully saturated rings. The lowest BCUT2D eigenvalue weighted by Crippen LogP contribution is -2.11. The van der Waals surface area contributed by atoms with Crippen molar-refractivity contribution in [3.8, 4) is 22.8 Å². The average molecular weight is 450 g/mol. The number of methoxy groups -OCH3 is 2. The molecule has 0 saturated heterocycles. The summed E-state index contributed by atoms with van der Waals surface area (Å²) in [4.78, 5) is 13.2. The fourth-order valence-corrected chi connectivity index (χ4v) is 4.48. The molecule has 0 unspecified atom stereocenters. The van der Waals surface area contributed by atoms with Crippen molar-refractivity contribution in [1.29, 1.82) is 0 Å². The minimum Gasteiger partial charge on any atom is -0.493 e. The molecule has 0 aliphatic rings. The van der Waals surface area contributed by atoms with Crippen molar-refractivity contribution in [1.82, 2.24) is 10.3 Å². The third-order valence-electron chi connectivity index (χ3n) is 4.18. The summed E-state index contributed by atoms with van der Waals surface area (Å²) in [5.74, 6) is 0.808. The maximum atomic E-state index is 12.8. The summed E-state index contributed by atoms with van der Waals surface area (Å²) in [7, 11) is 3.07. The normalized spacial score (nSPS) is 10.9. The van der Waals surface area contributed by atoms with Crippen LogP contribution in [-0.4, -0.2) is 30.4 Å². The van der Waals surface area contributed by atoms with Gasteiger partial charge in [-0.2, -0.15) is 0 Å². The maximum Gasteiger partial charge on any atom is 0.268 e. The van der Waals surface area contributed by atoms with Crippen molar-refractivity contribution in [3.05, 3.63) is 51.3 Å². The Hall–Kier alpha value is -2.81. The van der Waals surface area contributed by atoms with Crippen LogP contribution in [0.1, 0.15) is 9.67 Å². The van der Waals surface area contributed by atoms with Gasteiger partial charge in [0.15, 0.2) is 17.2 Å². The number of aromatic nitrogens is 2. The van der Waals surface area contributed by atoms with Crippen LogP contribution in [0.5, 0.6) is 11.5 Å². The maximum absolute atomic E-state index is 12.8. The molecule has 1 amide bonds. The molecule has 148 valence electrons. The second kappa shape index (κ2) is 7.90. The largest absolute Gasteiger partial charge is 0.493 e. The van der Waals surface area contributed by atoms with Crippen LogP contribution in [0.15, 0.2) is 41.0 Å². The Morgan fingerprint density at radius 2 is 1.86 bits per heavy atom. The molecule has 2 aromatic carbocycles. The Kier molecular flexibility index (Phi) is 5.31. The molecule has 2 aromatic heterocycles. The first-order valence-electron chi connectivity index (χ1n) is 8.25. The quantitative estimate of drug-likeness (QED) is 0.431. The van der Waals surface area contributed by atoms with Crippen molar-refractivity contribution in [3.63, 3.8) is 0 Å². The minimum absolute atomic E-state index is 0.161. The summed E-state index contributed by atoms with van der Waals surface area (Å²) in [6.45, 7) is 0. The van der Waals surface area contributed by atoms with Gasteiger partial charge in [0.05, 0.1) is 19.2 Å². The zero-order valence-electron chi connectivity index (χ0n) is 15.2. The number of nitrogens with one attached hydrogen (secondary N) is 1. The van der Waals surface area contributed by atoms with Crippen molar-refractivity contribution in [2.75, 3.05) is 19.5 Å². The predicted octanol–water partition coefficient (Wildman–Crippen LogP) is 5.53. The molecule has 0 radical (unpaired) electrons. The van der Waals surface area contributed by atoms with Gasteiger partial charge in [0.2, 0.25) is 5.82 Å². The molecule has 0 spiro atoms. The molecule has 0 saturated carbocycles. The number of anilines is 1. The standard InChI is InChI=1S/C19H13Cl2N3O4S/c1-26-12-6-3-9(7-13(12)27-2)16-18(24-28-23-16)22-19(25)17-15(21)11-5-4-10(20)8-14(11)29-17/h3-8H,1-2H3,(H,22,24,25). The van der Waals surface area contributed by atoms with Gasteiger partial charge in [-0.05, 0) is 40.6 Å². The van der Waals surface area contributed by atoms with E-state index in [-0.39, 0.29) is 5.82 Å². The zero-order chi connectivity index (χ0) is 20.5. The highest BCUT2D eigenvalue weighted by atomic mass is 35.5. The number of halogens is 2. The SMILES string of the molecule is COc1ccc(-c2nonc2NC(=O)c2sc3cc(Cl)ccc3c2Cl)cc1OC. The predicted molar refractivity (Wildman–Crippen MR) is 113 cm³/mol. The van der Waals surface area contributed by atoms with Crippen LogP contribution >= 0.6 is 34.5 Å². The number of rotatable bonds is 5. The Morgan fingerprint density at radius 3 is 2.62 bits per heavy atom. The number of carbonyl (C=O) groups excluding carboxylic acids is 1. The number of hydrogen-bond donors (Lipinski definition) is 1. The van der Waals surface area contributed by atoms with Crippen LogP contribution < -0.4 is 14.8 Å². The van der Waals surface area contributed by atoms with Gasteiger partial charge in [-0.25, -0.2) is 4.63 Å². The van der Waals surface area contributed by atoms with Crippen molar-refractivity contribution >= 4 is 56.3 Å². The lowest BCUT2D eigenvalue weighted by Gasteiger charge is -2.08. The van der Waals surface area contributed by atoms with E-state index < -0.39 is 5.91 Å². The monoisotopic (exact) mass is 449 g/mol. The molecule has 0 atom stereocenters. The molecule has 0 aliphatic heterocycles. The highest BCUT2D eigenvalue weighted by Gasteiger charge is 2.22. The van der Waals surface area contributed by atoms with E-state index in [0.717, 1.165) is 10.1 Å². The van der Waals surface area contributed by atoms with Crippen molar-refractivity contribution in [2.45, 2.75) is 0 Å². The molecule has 7 nitrogen and oxygen atoms in total. The third kappa shape index (κ3) is 3.62. The molecule has 10 heteroatoms. The van der Waals surface area contributed by atoms with Gasteiger partial charge in [-0.1, -0.05) is 29.3 Å². The van der Waals surface area contributed by atoms with E-state index in [1.807, 2.05) is 0 Å². The van der Waals surface area contributed by atoms with Crippen molar-refractivity contribution in [2.24, 2.45) is 0 Å². The topological polar surface area (TPSA) is 86.5 Å². The van der Waals surface area contributed by atoms with Crippen LogP contribution in [-0.2, 0) is 0 Å². The van der Waals surface area contributed by atoms with Gasteiger partial charge in [0.25, 0.3) is 5.91 Å². The van der Waals surface area contributed by atoms with Crippen LogP contribution in [0.4, 0.5) is 5.82 Å². The first kappa shape index (κ1) is 19.5. The van der Waals surface area contributed by atoms with Crippen LogP contribution in [0.3, 0.4) is 0 Å². The summed E-state index contributed by atoms with van der Waals surface area (Å²) in [6.07, 6.45) is 0. The molecule has 0 aliphatic carbocycles. The Balaban J connectivity index is 1.66. The molecule has 4 aromatic rings. The van der Waals surface area contributed by atoms with Gasteiger partial charge in [0, 0.05) is 20.7 Å². The fourth-order valence-electron chi connectivity index (χ4n) is 2.79. The van der Waals surface area contributed by atoms with E-state index >= 15 is 0 Å². The van der Waals surface area contributed by atoms with E-state index in [0.29, 0.717) is 37.7 Å². The number of ether oxygens (including phenoxy) is 2. The number of carbonyl (C=O) groups is 1. The zero-order valence-corrected chi connectivity index (χ0v) is 17.5. The molecule has 1 N–H and O–H groups in total. The second-order valence-corrected chi connectivity index (χ2v) is 7.74. The Morgan fingerprint density at radius 1 is 1.07 bits per heavy atom. The lowest BCUT2D eigenvalue weighted by atomic mass is 10.1. The van der Waals surface area contributed by atoms with E-state index in [4.69, 9.17) is 37.3 Å². The van der Waals surface area contributed by atoms with E-state index in [1.165, 1.54) is 18.4 Å².